The average molecular weight is 508 g/mol. The van der Waals surface area contributed by atoms with E-state index < -0.39 is 0 Å². The van der Waals surface area contributed by atoms with Crippen LogP contribution in [0.4, 0.5) is 0 Å². The van der Waals surface area contributed by atoms with Gasteiger partial charge in [0.25, 0.3) is 11.5 Å². The minimum atomic E-state index is -0.241. The zero-order valence-electron chi connectivity index (χ0n) is 19.8. The lowest BCUT2D eigenvalue weighted by Gasteiger charge is -2.15. The second-order valence-corrected chi connectivity index (χ2v) is 9.59. The fourth-order valence-corrected chi connectivity index (χ4v) is 5.14. The van der Waals surface area contributed by atoms with Crippen LogP contribution < -0.4 is 10.9 Å². The lowest BCUT2D eigenvalue weighted by atomic mass is 10.1. The van der Waals surface area contributed by atoms with Crippen molar-refractivity contribution >= 4 is 40.2 Å². The lowest BCUT2D eigenvalue weighted by Crippen LogP contribution is -2.27. The van der Waals surface area contributed by atoms with Crippen LogP contribution in [0, 0.1) is 13.8 Å². The van der Waals surface area contributed by atoms with Crippen molar-refractivity contribution in [2.45, 2.75) is 24.8 Å². The Kier molecular flexibility index (Phi) is 7.90. The van der Waals surface area contributed by atoms with E-state index in [4.69, 9.17) is 21.3 Å². The Hall–Kier alpha value is -3.13. The SMILES string of the molecule is COCCNC(=O)c1ccc2c(=O)n(-c3cc(C)cc(C)c3)c(SCc3ccccc3Cl)nc2c1. The highest BCUT2D eigenvalue weighted by atomic mass is 35.5. The maximum atomic E-state index is 13.7. The van der Waals surface area contributed by atoms with E-state index in [1.54, 1.807) is 29.9 Å². The molecule has 0 aliphatic carbocycles. The van der Waals surface area contributed by atoms with Crippen LogP contribution in [0.15, 0.2) is 70.6 Å². The number of aryl methyl sites for hydroxylation is 2. The summed E-state index contributed by atoms with van der Waals surface area (Å²) in [5, 5.41) is 4.44. The van der Waals surface area contributed by atoms with E-state index in [9.17, 15) is 9.59 Å². The van der Waals surface area contributed by atoms with Crippen molar-refractivity contribution < 1.29 is 9.53 Å². The number of methoxy groups -OCH3 is 1. The minimum absolute atomic E-state index is 0.187. The van der Waals surface area contributed by atoms with Gasteiger partial charge in [0.15, 0.2) is 5.16 Å². The van der Waals surface area contributed by atoms with Crippen molar-refractivity contribution in [1.82, 2.24) is 14.9 Å². The normalized spacial score (nSPS) is 11.1. The first kappa shape index (κ1) is 25.0. The summed E-state index contributed by atoms with van der Waals surface area (Å²) >= 11 is 7.80. The highest BCUT2D eigenvalue weighted by Gasteiger charge is 2.16. The lowest BCUT2D eigenvalue weighted by molar-refractivity contribution is 0.0937. The number of hydrogen-bond donors (Lipinski definition) is 1. The summed E-state index contributed by atoms with van der Waals surface area (Å²) in [6, 6.07) is 18.6. The van der Waals surface area contributed by atoms with Gasteiger partial charge in [-0.3, -0.25) is 14.2 Å². The third-order valence-corrected chi connectivity index (χ3v) is 6.83. The summed E-state index contributed by atoms with van der Waals surface area (Å²) in [6.45, 7) is 4.82. The molecule has 4 aromatic rings. The summed E-state index contributed by atoms with van der Waals surface area (Å²) < 4.78 is 6.63. The number of nitrogens with one attached hydrogen (secondary N) is 1. The molecule has 0 unspecified atom stereocenters. The Balaban J connectivity index is 1.82. The van der Waals surface area contributed by atoms with Crippen LogP contribution in [0.3, 0.4) is 0 Å². The molecule has 0 atom stereocenters. The number of carbonyl (C=O) groups excluding carboxylic acids is 1. The second kappa shape index (κ2) is 11.1. The van der Waals surface area contributed by atoms with Crippen LogP contribution >= 0.6 is 23.4 Å². The van der Waals surface area contributed by atoms with Gasteiger partial charge in [0.2, 0.25) is 0 Å². The summed E-state index contributed by atoms with van der Waals surface area (Å²) in [5.74, 6) is 0.300. The Labute approximate surface area is 213 Å². The molecule has 0 bridgehead atoms. The van der Waals surface area contributed by atoms with Crippen molar-refractivity contribution in [3.63, 3.8) is 0 Å². The molecular weight excluding hydrogens is 482 g/mol. The first-order valence-electron chi connectivity index (χ1n) is 11.2. The first-order valence-corrected chi connectivity index (χ1v) is 12.5. The zero-order chi connectivity index (χ0) is 24.9. The van der Waals surface area contributed by atoms with Crippen molar-refractivity contribution in [3.8, 4) is 5.69 Å². The van der Waals surface area contributed by atoms with Gasteiger partial charge in [-0.25, -0.2) is 4.98 Å². The van der Waals surface area contributed by atoms with Crippen LogP contribution in [0.2, 0.25) is 5.02 Å². The van der Waals surface area contributed by atoms with Crippen LogP contribution in [0.1, 0.15) is 27.0 Å². The van der Waals surface area contributed by atoms with Gasteiger partial charge in [0.1, 0.15) is 0 Å². The Morgan fingerprint density at radius 1 is 1.09 bits per heavy atom. The number of aromatic nitrogens is 2. The molecule has 6 nitrogen and oxygen atoms in total. The number of thioether (sulfide) groups is 1. The Morgan fingerprint density at radius 3 is 2.54 bits per heavy atom. The molecule has 35 heavy (non-hydrogen) atoms. The summed E-state index contributed by atoms with van der Waals surface area (Å²) in [6.07, 6.45) is 0. The van der Waals surface area contributed by atoms with E-state index in [1.807, 2.05) is 50.2 Å². The molecule has 0 saturated carbocycles. The van der Waals surface area contributed by atoms with Gasteiger partial charge in [-0.05, 0) is 66.9 Å². The molecule has 0 saturated heterocycles. The van der Waals surface area contributed by atoms with Crippen molar-refractivity contribution in [2.75, 3.05) is 20.3 Å². The summed E-state index contributed by atoms with van der Waals surface area (Å²) in [4.78, 5) is 31.1. The maximum absolute atomic E-state index is 13.7. The van der Waals surface area contributed by atoms with Crippen LogP contribution in [-0.4, -0.2) is 35.7 Å². The van der Waals surface area contributed by atoms with Crippen molar-refractivity contribution in [1.29, 1.82) is 0 Å². The fraction of sp³-hybridized carbons (Fsp3) is 0.222. The number of ether oxygens (including phenoxy) is 1. The number of hydrogen-bond acceptors (Lipinski definition) is 5. The second-order valence-electron chi connectivity index (χ2n) is 8.24. The van der Waals surface area contributed by atoms with E-state index in [2.05, 4.69) is 11.4 Å². The number of benzene rings is 3. The predicted molar refractivity (Wildman–Crippen MR) is 142 cm³/mol. The molecule has 0 fully saturated rings. The fourth-order valence-electron chi connectivity index (χ4n) is 3.84. The monoisotopic (exact) mass is 507 g/mol. The van der Waals surface area contributed by atoms with E-state index in [-0.39, 0.29) is 11.5 Å². The van der Waals surface area contributed by atoms with E-state index in [0.717, 1.165) is 22.4 Å². The molecule has 4 rings (SSSR count). The quantitative estimate of drug-likeness (QED) is 0.198. The number of nitrogens with zero attached hydrogens (tertiary/aromatic N) is 2. The average Bonchev–Trinajstić information content (AvgIpc) is 2.82. The molecule has 1 heterocycles. The van der Waals surface area contributed by atoms with Crippen molar-refractivity contribution in [2.24, 2.45) is 0 Å². The number of rotatable bonds is 8. The van der Waals surface area contributed by atoms with Gasteiger partial charge in [-0.2, -0.15) is 0 Å². The standard InChI is InChI=1S/C27H26ClN3O3S/c1-17-12-18(2)14-21(13-17)31-26(33)22-9-8-19(25(32)29-10-11-34-3)15-24(22)30-27(31)35-16-20-6-4-5-7-23(20)28/h4-9,12-15H,10-11,16H2,1-3H3,(H,29,32). The molecule has 3 aromatic carbocycles. The van der Waals surface area contributed by atoms with E-state index in [1.165, 1.54) is 11.8 Å². The maximum Gasteiger partial charge on any atom is 0.266 e. The Bertz CT molecular complexity index is 1430. The van der Waals surface area contributed by atoms with Crippen LogP contribution in [-0.2, 0) is 10.5 Å². The molecule has 1 amide bonds. The summed E-state index contributed by atoms with van der Waals surface area (Å²) in [7, 11) is 1.58. The number of carbonyl (C=O) groups is 1. The molecule has 0 aliphatic heterocycles. The molecular formula is C27H26ClN3O3S. The van der Waals surface area contributed by atoms with Crippen LogP contribution in [0.25, 0.3) is 16.6 Å². The first-order chi connectivity index (χ1) is 16.9. The van der Waals surface area contributed by atoms with Gasteiger partial charge >= 0.3 is 0 Å². The molecule has 1 aromatic heterocycles. The molecule has 0 spiro atoms. The number of halogens is 1. The smallest absolute Gasteiger partial charge is 0.266 e. The van der Waals surface area contributed by atoms with E-state index >= 15 is 0 Å². The molecule has 0 radical (unpaired) electrons. The number of amides is 1. The van der Waals surface area contributed by atoms with E-state index in [0.29, 0.717) is 45.5 Å². The highest BCUT2D eigenvalue weighted by molar-refractivity contribution is 7.98. The zero-order valence-corrected chi connectivity index (χ0v) is 21.4. The van der Waals surface area contributed by atoms with Gasteiger partial charge in [-0.15, -0.1) is 0 Å². The third kappa shape index (κ3) is 5.75. The third-order valence-electron chi connectivity index (χ3n) is 5.47. The van der Waals surface area contributed by atoms with Crippen molar-refractivity contribution in [3.05, 3.63) is 98.3 Å². The topological polar surface area (TPSA) is 73.2 Å². The Morgan fingerprint density at radius 2 is 1.83 bits per heavy atom. The van der Waals surface area contributed by atoms with Gasteiger partial charge < -0.3 is 10.1 Å². The molecule has 0 aliphatic rings. The molecule has 8 heteroatoms. The predicted octanol–water partition coefficient (Wildman–Crippen LogP) is 5.32. The molecule has 180 valence electrons. The minimum Gasteiger partial charge on any atom is -0.383 e. The van der Waals surface area contributed by atoms with Crippen LogP contribution in [0.5, 0.6) is 0 Å². The number of fused-ring (bicyclic) bond motifs is 1. The van der Waals surface area contributed by atoms with Gasteiger partial charge in [0, 0.05) is 30.0 Å². The summed E-state index contributed by atoms with van der Waals surface area (Å²) in [5.41, 5.74) is 4.53. The largest absolute Gasteiger partial charge is 0.383 e. The van der Waals surface area contributed by atoms with Gasteiger partial charge in [0.05, 0.1) is 23.2 Å². The highest BCUT2D eigenvalue weighted by Crippen LogP contribution is 2.28. The molecule has 1 N–H and O–H groups in total. The van der Waals surface area contributed by atoms with Gasteiger partial charge in [-0.1, -0.05) is 47.6 Å².